The van der Waals surface area contributed by atoms with E-state index in [0.29, 0.717) is 22.4 Å². The van der Waals surface area contributed by atoms with E-state index in [1.54, 1.807) is 25.3 Å². The van der Waals surface area contributed by atoms with Crippen LogP contribution in [0.5, 0.6) is 11.5 Å². The molecule has 0 aromatic heterocycles. The molecule has 0 unspecified atom stereocenters. The van der Waals surface area contributed by atoms with Crippen LogP contribution >= 0.6 is 11.8 Å². The summed E-state index contributed by atoms with van der Waals surface area (Å²) in [5, 5.41) is 9.14. The largest absolute Gasteiger partial charge is 0.454 e. The second-order valence-corrected chi connectivity index (χ2v) is 5.29. The maximum atomic E-state index is 12.1. The van der Waals surface area contributed by atoms with E-state index in [2.05, 4.69) is 4.99 Å². The molecule has 0 saturated heterocycles. The summed E-state index contributed by atoms with van der Waals surface area (Å²) in [6.45, 7) is 0.212. The average Bonchev–Trinajstić information content (AvgIpc) is 3.05. The molecular weight excluding hydrogens is 290 g/mol. The average molecular weight is 301 g/mol. The van der Waals surface area contributed by atoms with Gasteiger partial charge in [-0.2, -0.15) is 5.26 Å². The monoisotopic (exact) mass is 301 g/mol. The summed E-state index contributed by atoms with van der Waals surface area (Å²) in [6, 6.07) is 7.46. The van der Waals surface area contributed by atoms with Gasteiger partial charge in [0.2, 0.25) is 6.79 Å². The molecule has 0 radical (unpaired) electrons. The van der Waals surface area contributed by atoms with E-state index in [1.807, 2.05) is 12.1 Å². The van der Waals surface area contributed by atoms with Crippen LogP contribution in [0.2, 0.25) is 0 Å². The topological polar surface area (TPSA) is 74.9 Å². The van der Waals surface area contributed by atoms with Crippen molar-refractivity contribution in [2.75, 3.05) is 19.6 Å². The predicted molar refractivity (Wildman–Crippen MR) is 78.8 cm³/mol. The van der Waals surface area contributed by atoms with Crippen LogP contribution in [0.15, 0.2) is 28.9 Å². The Bertz CT molecular complexity index is 706. The Morgan fingerprint density at radius 3 is 3.10 bits per heavy atom. The fourth-order valence-electron chi connectivity index (χ4n) is 1.97. The Balaban J connectivity index is 1.87. The highest BCUT2D eigenvalue weighted by molar-refractivity contribution is 8.14. The molecule has 0 atom stereocenters. The van der Waals surface area contributed by atoms with E-state index in [4.69, 9.17) is 14.7 Å². The smallest absolute Gasteiger partial charge is 0.278 e. The normalized spacial score (nSPS) is 18.1. The van der Waals surface area contributed by atoms with Crippen molar-refractivity contribution in [3.05, 3.63) is 29.5 Å². The Morgan fingerprint density at radius 1 is 1.48 bits per heavy atom. The first-order valence-electron chi connectivity index (χ1n) is 6.17. The third-order valence-electron chi connectivity index (χ3n) is 2.99. The summed E-state index contributed by atoms with van der Waals surface area (Å²) in [5.74, 6) is 1.42. The van der Waals surface area contributed by atoms with Gasteiger partial charge in [-0.25, -0.2) is 4.99 Å². The SMILES string of the molecule is CN1C(=O)/C(=C\c2ccc3c(c2)OCO3)N=C1SCC#N. The van der Waals surface area contributed by atoms with Crippen molar-refractivity contribution in [1.82, 2.24) is 4.90 Å². The van der Waals surface area contributed by atoms with Gasteiger partial charge in [-0.1, -0.05) is 17.8 Å². The lowest BCUT2D eigenvalue weighted by Gasteiger charge is -2.08. The molecule has 0 bridgehead atoms. The van der Waals surface area contributed by atoms with Crippen molar-refractivity contribution in [2.45, 2.75) is 0 Å². The highest BCUT2D eigenvalue weighted by Gasteiger charge is 2.27. The summed E-state index contributed by atoms with van der Waals surface area (Å²) in [5.41, 5.74) is 1.16. The van der Waals surface area contributed by atoms with Crippen LogP contribution < -0.4 is 9.47 Å². The molecule has 0 N–H and O–H groups in total. The van der Waals surface area contributed by atoms with Crippen molar-refractivity contribution >= 4 is 28.9 Å². The van der Waals surface area contributed by atoms with E-state index in [-0.39, 0.29) is 18.5 Å². The van der Waals surface area contributed by atoms with Crippen molar-refractivity contribution in [1.29, 1.82) is 5.26 Å². The number of carbonyl (C=O) groups is 1. The standard InChI is InChI=1S/C14H11N3O3S/c1-17-13(18)10(16-14(17)21-5-4-15)6-9-2-3-11-12(7-9)20-8-19-11/h2-3,6-7H,5,8H2,1H3/b10-6+. The van der Waals surface area contributed by atoms with E-state index in [0.717, 1.165) is 5.56 Å². The van der Waals surface area contributed by atoms with Gasteiger partial charge in [0.05, 0.1) is 11.8 Å². The van der Waals surface area contributed by atoms with Crippen molar-refractivity contribution in [3.8, 4) is 17.6 Å². The van der Waals surface area contributed by atoms with Crippen LogP contribution in [0.4, 0.5) is 0 Å². The molecular formula is C14H11N3O3S. The number of fused-ring (bicyclic) bond motifs is 1. The number of ether oxygens (including phenoxy) is 2. The predicted octanol–water partition coefficient (Wildman–Crippen LogP) is 1.84. The number of amidine groups is 1. The molecule has 0 saturated carbocycles. The van der Waals surface area contributed by atoms with Crippen molar-refractivity contribution in [3.63, 3.8) is 0 Å². The fourth-order valence-corrected chi connectivity index (χ4v) is 2.60. The molecule has 21 heavy (non-hydrogen) atoms. The zero-order valence-electron chi connectivity index (χ0n) is 11.2. The minimum atomic E-state index is -0.187. The highest BCUT2D eigenvalue weighted by Crippen LogP contribution is 2.33. The first kappa shape index (κ1) is 13.5. The third-order valence-corrected chi connectivity index (χ3v) is 3.89. The van der Waals surface area contributed by atoms with E-state index < -0.39 is 0 Å². The Hall–Kier alpha value is -2.46. The van der Waals surface area contributed by atoms with Crippen LogP contribution in [0.25, 0.3) is 6.08 Å². The molecule has 106 valence electrons. The number of nitriles is 1. The van der Waals surface area contributed by atoms with Gasteiger partial charge in [0.1, 0.15) is 5.70 Å². The maximum Gasteiger partial charge on any atom is 0.278 e. The Labute approximate surface area is 125 Å². The molecule has 2 aliphatic heterocycles. The number of carbonyl (C=O) groups excluding carboxylic acids is 1. The molecule has 0 spiro atoms. The quantitative estimate of drug-likeness (QED) is 0.779. The summed E-state index contributed by atoms with van der Waals surface area (Å²) in [7, 11) is 1.64. The minimum absolute atomic E-state index is 0.187. The van der Waals surface area contributed by atoms with Crippen LogP contribution in [0, 0.1) is 11.3 Å². The summed E-state index contributed by atoms with van der Waals surface area (Å²) in [6.07, 6.45) is 1.70. The number of hydrogen-bond donors (Lipinski definition) is 0. The number of hydrogen-bond acceptors (Lipinski definition) is 6. The lowest BCUT2D eigenvalue weighted by molar-refractivity contribution is -0.121. The number of likely N-dealkylation sites (N-methyl/N-ethyl adjacent to an activating group) is 1. The molecule has 1 aromatic rings. The van der Waals surface area contributed by atoms with Crippen LogP contribution in [-0.2, 0) is 4.79 Å². The molecule has 7 heteroatoms. The molecule has 1 amide bonds. The van der Waals surface area contributed by atoms with Crippen LogP contribution in [0.1, 0.15) is 5.56 Å². The molecule has 2 heterocycles. The number of aliphatic imine (C=N–C) groups is 1. The number of rotatable bonds is 2. The Morgan fingerprint density at radius 2 is 2.29 bits per heavy atom. The van der Waals surface area contributed by atoms with Gasteiger partial charge in [-0.15, -0.1) is 0 Å². The fraction of sp³-hybridized carbons (Fsp3) is 0.214. The van der Waals surface area contributed by atoms with Gasteiger partial charge in [0.15, 0.2) is 16.7 Å². The molecule has 0 aliphatic carbocycles. The summed E-state index contributed by atoms with van der Waals surface area (Å²) in [4.78, 5) is 17.8. The number of amides is 1. The van der Waals surface area contributed by atoms with Gasteiger partial charge in [-0.3, -0.25) is 9.69 Å². The van der Waals surface area contributed by atoms with Gasteiger partial charge in [-0.05, 0) is 23.8 Å². The van der Waals surface area contributed by atoms with Gasteiger partial charge < -0.3 is 9.47 Å². The number of benzene rings is 1. The van der Waals surface area contributed by atoms with Crippen molar-refractivity contribution in [2.24, 2.45) is 4.99 Å². The zero-order valence-corrected chi connectivity index (χ0v) is 12.0. The second kappa shape index (κ2) is 5.50. The molecule has 1 aromatic carbocycles. The van der Waals surface area contributed by atoms with Gasteiger partial charge >= 0.3 is 0 Å². The summed E-state index contributed by atoms with van der Waals surface area (Å²) < 4.78 is 10.5. The van der Waals surface area contributed by atoms with Crippen LogP contribution in [-0.4, -0.2) is 35.6 Å². The van der Waals surface area contributed by atoms with Crippen LogP contribution in [0.3, 0.4) is 0 Å². The minimum Gasteiger partial charge on any atom is -0.454 e. The highest BCUT2D eigenvalue weighted by atomic mass is 32.2. The zero-order chi connectivity index (χ0) is 14.8. The first-order chi connectivity index (χ1) is 10.2. The molecule has 3 rings (SSSR count). The number of thioether (sulfide) groups is 1. The van der Waals surface area contributed by atoms with E-state index in [9.17, 15) is 4.79 Å². The molecule has 0 fully saturated rings. The number of nitrogens with zero attached hydrogens (tertiary/aromatic N) is 3. The molecule has 2 aliphatic rings. The lowest BCUT2D eigenvalue weighted by atomic mass is 10.1. The summed E-state index contributed by atoms with van der Waals surface area (Å²) >= 11 is 1.24. The Kier molecular flexibility index (Phi) is 3.54. The molecule has 6 nitrogen and oxygen atoms in total. The second-order valence-electron chi connectivity index (χ2n) is 4.35. The maximum absolute atomic E-state index is 12.1. The van der Waals surface area contributed by atoms with Gasteiger partial charge in [0.25, 0.3) is 5.91 Å². The van der Waals surface area contributed by atoms with E-state index >= 15 is 0 Å². The van der Waals surface area contributed by atoms with Crippen molar-refractivity contribution < 1.29 is 14.3 Å². The van der Waals surface area contributed by atoms with Gasteiger partial charge in [0, 0.05) is 7.05 Å². The lowest BCUT2D eigenvalue weighted by Crippen LogP contribution is -2.25. The third kappa shape index (κ3) is 2.58. The van der Waals surface area contributed by atoms with E-state index in [1.165, 1.54) is 16.7 Å². The first-order valence-corrected chi connectivity index (χ1v) is 7.15.